The highest BCUT2D eigenvalue weighted by Gasteiger charge is 2.16. The molecule has 2 aromatic rings. The Kier molecular flexibility index (Phi) is 4.18. The molecule has 2 aromatic carbocycles. The summed E-state index contributed by atoms with van der Waals surface area (Å²) < 4.78 is 0. The lowest BCUT2D eigenvalue weighted by molar-refractivity contribution is 0.220. The van der Waals surface area contributed by atoms with Crippen LogP contribution in [0.5, 0.6) is 0 Å². The number of aliphatic hydroxyl groups excluding tert-OH is 1. The summed E-state index contributed by atoms with van der Waals surface area (Å²) in [6.07, 6.45) is -0.839. The van der Waals surface area contributed by atoms with Gasteiger partial charge in [-0.3, -0.25) is 0 Å². The van der Waals surface area contributed by atoms with Crippen LogP contribution in [0, 0.1) is 6.92 Å². The molecule has 1 N–H and O–H groups in total. The van der Waals surface area contributed by atoms with E-state index in [-0.39, 0.29) is 0 Å². The van der Waals surface area contributed by atoms with Crippen molar-refractivity contribution in [3.05, 3.63) is 68.2 Å². The predicted octanol–water partition coefficient (Wildman–Crippen LogP) is 5.04. The molecular weight excluding hydrogens is 291 g/mol. The second-order valence-electron chi connectivity index (χ2n) is 4.05. The number of benzene rings is 2. The summed E-state index contributed by atoms with van der Waals surface area (Å²) in [7, 11) is 0. The van der Waals surface area contributed by atoms with Crippen molar-refractivity contribution < 1.29 is 5.11 Å². The van der Waals surface area contributed by atoms with Gasteiger partial charge in [0.1, 0.15) is 6.10 Å². The zero-order chi connectivity index (χ0) is 13.3. The molecule has 1 unspecified atom stereocenters. The monoisotopic (exact) mass is 300 g/mol. The van der Waals surface area contributed by atoms with E-state index in [0.29, 0.717) is 26.2 Å². The maximum Gasteiger partial charge on any atom is 0.106 e. The van der Waals surface area contributed by atoms with Crippen LogP contribution in [-0.2, 0) is 0 Å². The van der Waals surface area contributed by atoms with Gasteiger partial charge in [-0.15, -0.1) is 0 Å². The Morgan fingerprint density at radius 3 is 2.39 bits per heavy atom. The molecule has 0 spiro atoms. The van der Waals surface area contributed by atoms with Crippen LogP contribution in [-0.4, -0.2) is 5.11 Å². The van der Waals surface area contributed by atoms with Gasteiger partial charge >= 0.3 is 0 Å². The molecule has 0 radical (unpaired) electrons. The fourth-order valence-electron chi connectivity index (χ4n) is 1.69. The largest absolute Gasteiger partial charge is 0.384 e. The van der Waals surface area contributed by atoms with Gasteiger partial charge in [-0.2, -0.15) is 0 Å². The molecule has 94 valence electrons. The Labute approximate surface area is 121 Å². The molecular formula is C14H11Cl3O. The molecule has 0 aliphatic rings. The average Bonchev–Trinajstić information content (AvgIpc) is 2.35. The van der Waals surface area contributed by atoms with Crippen LogP contribution < -0.4 is 0 Å². The Bertz CT molecular complexity index is 581. The average molecular weight is 302 g/mol. The molecule has 18 heavy (non-hydrogen) atoms. The molecule has 0 aliphatic carbocycles. The molecule has 0 fully saturated rings. The van der Waals surface area contributed by atoms with Crippen molar-refractivity contribution in [2.45, 2.75) is 13.0 Å². The zero-order valence-corrected chi connectivity index (χ0v) is 11.9. The van der Waals surface area contributed by atoms with E-state index in [1.807, 2.05) is 19.1 Å². The fourth-order valence-corrected chi connectivity index (χ4v) is 2.29. The lowest BCUT2D eigenvalue weighted by atomic mass is 10.0. The Morgan fingerprint density at radius 2 is 1.72 bits per heavy atom. The number of hydrogen-bond acceptors (Lipinski definition) is 1. The lowest BCUT2D eigenvalue weighted by Crippen LogP contribution is -2.01. The Hall–Kier alpha value is -0.730. The second-order valence-corrected chi connectivity index (χ2v) is 5.25. The van der Waals surface area contributed by atoms with Gasteiger partial charge in [-0.1, -0.05) is 59.1 Å². The summed E-state index contributed by atoms with van der Waals surface area (Å²) in [5.41, 5.74) is 2.23. The van der Waals surface area contributed by atoms with Crippen LogP contribution in [0.15, 0.2) is 36.4 Å². The smallest absolute Gasteiger partial charge is 0.106 e. The maximum absolute atomic E-state index is 10.3. The molecule has 1 atom stereocenters. The van der Waals surface area contributed by atoms with Crippen molar-refractivity contribution >= 4 is 34.8 Å². The van der Waals surface area contributed by atoms with E-state index in [1.54, 1.807) is 24.3 Å². The van der Waals surface area contributed by atoms with Gasteiger partial charge in [-0.25, -0.2) is 0 Å². The first-order valence-electron chi connectivity index (χ1n) is 5.38. The normalized spacial score (nSPS) is 12.5. The van der Waals surface area contributed by atoms with Crippen LogP contribution in [0.2, 0.25) is 15.1 Å². The zero-order valence-electron chi connectivity index (χ0n) is 9.62. The van der Waals surface area contributed by atoms with Crippen molar-refractivity contribution in [3.63, 3.8) is 0 Å². The van der Waals surface area contributed by atoms with Crippen molar-refractivity contribution in [2.75, 3.05) is 0 Å². The lowest BCUT2D eigenvalue weighted by Gasteiger charge is -2.14. The quantitative estimate of drug-likeness (QED) is 0.824. The van der Waals surface area contributed by atoms with E-state index < -0.39 is 6.10 Å². The number of halogens is 3. The van der Waals surface area contributed by atoms with E-state index in [2.05, 4.69) is 0 Å². The number of rotatable bonds is 2. The molecule has 0 aliphatic heterocycles. The van der Waals surface area contributed by atoms with E-state index >= 15 is 0 Å². The topological polar surface area (TPSA) is 20.2 Å². The minimum Gasteiger partial charge on any atom is -0.384 e. The van der Waals surface area contributed by atoms with Crippen molar-refractivity contribution in [2.24, 2.45) is 0 Å². The molecule has 2 rings (SSSR count). The molecule has 0 saturated heterocycles. The maximum atomic E-state index is 10.3. The highest BCUT2D eigenvalue weighted by atomic mass is 35.5. The summed E-state index contributed by atoms with van der Waals surface area (Å²) in [6, 6.07) is 10.6. The van der Waals surface area contributed by atoms with Crippen molar-refractivity contribution in [1.82, 2.24) is 0 Å². The first-order chi connectivity index (χ1) is 8.50. The van der Waals surface area contributed by atoms with E-state index in [0.717, 1.165) is 5.56 Å². The van der Waals surface area contributed by atoms with Crippen LogP contribution in [0.4, 0.5) is 0 Å². The highest BCUT2D eigenvalue weighted by Crippen LogP contribution is 2.34. The van der Waals surface area contributed by atoms with Gasteiger partial charge in [0.05, 0.1) is 10.0 Å². The van der Waals surface area contributed by atoms with Crippen LogP contribution in [0.1, 0.15) is 22.8 Å². The van der Waals surface area contributed by atoms with Gasteiger partial charge in [0.2, 0.25) is 0 Å². The summed E-state index contributed by atoms with van der Waals surface area (Å²) in [6.45, 7) is 1.91. The van der Waals surface area contributed by atoms with E-state index in [4.69, 9.17) is 34.8 Å². The van der Waals surface area contributed by atoms with Crippen molar-refractivity contribution in [1.29, 1.82) is 0 Å². The standard InChI is InChI=1S/C14H11Cl3O/c1-8-5-6-9(7-12(8)16)14(18)10-3-2-4-11(15)13(10)17/h2-7,14,18H,1H3. The first kappa shape index (κ1) is 13.7. The minimum absolute atomic E-state index is 0.364. The SMILES string of the molecule is Cc1ccc(C(O)c2cccc(Cl)c2Cl)cc1Cl. The summed E-state index contributed by atoms with van der Waals surface area (Å²) in [5.74, 6) is 0. The summed E-state index contributed by atoms with van der Waals surface area (Å²) >= 11 is 18.1. The van der Waals surface area contributed by atoms with Gasteiger partial charge in [0, 0.05) is 10.6 Å². The Morgan fingerprint density at radius 1 is 1.00 bits per heavy atom. The minimum atomic E-state index is -0.839. The van der Waals surface area contributed by atoms with Crippen LogP contribution in [0.25, 0.3) is 0 Å². The molecule has 0 amide bonds. The van der Waals surface area contributed by atoms with E-state index in [9.17, 15) is 5.11 Å². The number of hydrogen-bond donors (Lipinski definition) is 1. The third-order valence-electron chi connectivity index (χ3n) is 2.79. The summed E-state index contributed by atoms with van der Waals surface area (Å²) in [5, 5.41) is 11.7. The van der Waals surface area contributed by atoms with Gasteiger partial charge < -0.3 is 5.11 Å². The fraction of sp³-hybridized carbons (Fsp3) is 0.143. The Balaban J connectivity index is 2.44. The number of aryl methyl sites for hydroxylation is 1. The first-order valence-corrected chi connectivity index (χ1v) is 6.52. The van der Waals surface area contributed by atoms with Crippen molar-refractivity contribution in [3.8, 4) is 0 Å². The summed E-state index contributed by atoms with van der Waals surface area (Å²) in [4.78, 5) is 0. The highest BCUT2D eigenvalue weighted by molar-refractivity contribution is 6.42. The molecule has 0 heterocycles. The second kappa shape index (κ2) is 5.50. The molecule has 0 bridgehead atoms. The molecule has 0 aromatic heterocycles. The van der Waals surface area contributed by atoms with Gasteiger partial charge in [-0.05, 0) is 30.2 Å². The third kappa shape index (κ3) is 2.65. The predicted molar refractivity (Wildman–Crippen MR) is 76.7 cm³/mol. The van der Waals surface area contributed by atoms with Crippen LogP contribution in [0.3, 0.4) is 0 Å². The molecule has 4 heteroatoms. The molecule has 1 nitrogen and oxygen atoms in total. The van der Waals surface area contributed by atoms with Gasteiger partial charge in [0.15, 0.2) is 0 Å². The van der Waals surface area contributed by atoms with Crippen LogP contribution >= 0.6 is 34.8 Å². The van der Waals surface area contributed by atoms with E-state index in [1.165, 1.54) is 0 Å². The number of aliphatic hydroxyl groups is 1. The third-order valence-corrected chi connectivity index (χ3v) is 4.03. The van der Waals surface area contributed by atoms with Gasteiger partial charge in [0.25, 0.3) is 0 Å². The molecule has 0 saturated carbocycles.